The number of halogens is 3. The van der Waals surface area contributed by atoms with Crippen LogP contribution in [-0.4, -0.2) is 71.1 Å². The molecule has 286 valence electrons. The molecular weight excluding hydrogens is 744 g/mol. The molecule has 1 amide bonds. The molecule has 4 fully saturated rings. The molecule has 2 heterocycles. The van der Waals surface area contributed by atoms with Crippen LogP contribution < -0.4 is 20.1 Å². The first-order chi connectivity index (χ1) is 26.4. The molecule has 3 N–H and O–H groups in total. The van der Waals surface area contributed by atoms with E-state index in [0.29, 0.717) is 83.6 Å². The van der Waals surface area contributed by atoms with Gasteiger partial charge < -0.3 is 25.2 Å². The van der Waals surface area contributed by atoms with Crippen LogP contribution in [0.25, 0.3) is 33.2 Å². The van der Waals surface area contributed by atoms with Gasteiger partial charge in [-0.25, -0.2) is 4.39 Å². The van der Waals surface area contributed by atoms with Crippen molar-refractivity contribution >= 4 is 46.0 Å². The Morgan fingerprint density at radius 1 is 1.04 bits per heavy atom. The lowest BCUT2D eigenvalue weighted by Gasteiger charge is -2.71. The summed E-state index contributed by atoms with van der Waals surface area (Å²) in [4.78, 5) is 25.4. The molecule has 0 radical (unpaired) electrons. The Kier molecular flexibility index (Phi) is 9.78. The van der Waals surface area contributed by atoms with Crippen molar-refractivity contribution in [3.63, 3.8) is 0 Å². The summed E-state index contributed by atoms with van der Waals surface area (Å²) in [5, 5.41) is 22.4. The van der Waals surface area contributed by atoms with E-state index in [0.717, 1.165) is 39.6 Å². The minimum Gasteiger partial charge on any atom is -0.496 e. The average molecular weight is 787 g/mol. The average Bonchev–Trinajstić information content (AvgIpc) is 3.74. The van der Waals surface area contributed by atoms with Gasteiger partial charge in [0.1, 0.15) is 17.3 Å². The molecule has 4 aliphatic rings. The summed E-state index contributed by atoms with van der Waals surface area (Å²) in [5.41, 5.74) is 5.35. The van der Waals surface area contributed by atoms with Crippen LogP contribution in [0.5, 0.6) is 11.5 Å². The predicted octanol–water partition coefficient (Wildman–Crippen LogP) is 7.69. The zero-order valence-electron chi connectivity index (χ0n) is 30.8. The van der Waals surface area contributed by atoms with Gasteiger partial charge in [0.25, 0.3) is 0 Å². The second-order valence-corrected chi connectivity index (χ2v) is 16.0. The number of ether oxygens (including phenoxy) is 2. The van der Waals surface area contributed by atoms with Crippen molar-refractivity contribution in [3.8, 4) is 33.8 Å². The van der Waals surface area contributed by atoms with E-state index in [1.165, 1.54) is 13.2 Å². The molecule has 13 heteroatoms. The van der Waals surface area contributed by atoms with Gasteiger partial charge in [-0.05, 0) is 79.8 Å². The number of methoxy groups -OCH3 is 2. The molecule has 0 spiro atoms. The van der Waals surface area contributed by atoms with Crippen LogP contribution in [0.2, 0.25) is 10.0 Å². The summed E-state index contributed by atoms with van der Waals surface area (Å²) in [6, 6.07) is 18.9. The summed E-state index contributed by atoms with van der Waals surface area (Å²) in [7, 11) is 5.19. The van der Waals surface area contributed by atoms with Crippen molar-refractivity contribution in [1.29, 1.82) is 0 Å². The smallest absolute Gasteiger partial charge is 0.309 e. The van der Waals surface area contributed by atoms with Crippen LogP contribution in [0.15, 0.2) is 66.9 Å². The second-order valence-electron chi connectivity index (χ2n) is 15.2. The highest BCUT2D eigenvalue weighted by atomic mass is 35.5. The number of benzene rings is 4. The van der Waals surface area contributed by atoms with Gasteiger partial charge in [0.15, 0.2) is 0 Å². The summed E-state index contributed by atoms with van der Waals surface area (Å²) in [6.45, 7) is 1.78. The highest BCUT2D eigenvalue weighted by Gasteiger charge is 2.73. The zero-order chi connectivity index (χ0) is 38.6. The third-order valence-corrected chi connectivity index (χ3v) is 12.6. The fourth-order valence-corrected chi connectivity index (χ4v) is 9.35. The number of hydrogen-bond donors (Lipinski definition) is 3. The van der Waals surface area contributed by atoms with Gasteiger partial charge in [0.2, 0.25) is 5.91 Å². The number of rotatable bonds is 14. The van der Waals surface area contributed by atoms with Gasteiger partial charge in [0.05, 0.1) is 42.9 Å². The number of nitrogens with zero attached hydrogens (tertiary/aromatic N) is 3. The van der Waals surface area contributed by atoms with Crippen molar-refractivity contribution in [1.82, 2.24) is 25.3 Å². The first-order valence-corrected chi connectivity index (χ1v) is 19.1. The van der Waals surface area contributed by atoms with Crippen LogP contribution in [0, 0.1) is 11.2 Å². The highest BCUT2D eigenvalue weighted by molar-refractivity contribution is 6.36. The normalized spacial score (nSPS) is 21.4. The fourth-order valence-electron chi connectivity index (χ4n) is 8.77. The maximum Gasteiger partial charge on any atom is 0.309 e. The second kappa shape index (κ2) is 14.4. The number of hydrogen-bond acceptors (Lipinski definition) is 7. The third-order valence-electron chi connectivity index (χ3n) is 11.9. The monoisotopic (exact) mass is 785 g/mol. The number of nitrogens with one attached hydrogen (secondary N) is 2. The predicted molar refractivity (Wildman–Crippen MR) is 210 cm³/mol. The van der Waals surface area contributed by atoms with Gasteiger partial charge >= 0.3 is 5.97 Å². The van der Waals surface area contributed by atoms with Gasteiger partial charge in [-0.3, -0.25) is 19.2 Å². The van der Waals surface area contributed by atoms with E-state index >= 15 is 4.39 Å². The van der Waals surface area contributed by atoms with E-state index < -0.39 is 17.2 Å². The maximum absolute atomic E-state index is 15.7. The molecule has 1 aromatic heterocycles. The lowest BCUT2D eigenvalue weighted by molar-refractivity contribution is -0.228. The molecule has 1 saturated heterocycles. The third kappa shape index (κ3) is 6.60. The minimum absolute atomic E-state index is 0.0322. The Bertz CT molecular complexity index is 2330. The molecule has 55 heavy (non-hydrogen) atoms. The Morgan fingerprint density at radius 2 is 1.76 bits per heavy atom. The van der Waals surface area contributed by atoms with Crippen molar-refractivity contribution in [3.05, 3.63) is 99.4 Å². The molecule has 3 saturated carbocycles. The van der Waals surface area contributed by atoms with Crippen molar-refractivity contribution in [2.75, 3.05) is 27.8 Å². The van der Waals surface area contributed by atoms with Gasteiger partial charge in [0, 0.05) is 70.3 Å². The molecule has 10 nitrogen and oxygen atoms in total. The highest BCUT2D eigenvalue weighted by Crippen LogP contribution is 2.69. The number of aliphatic carboxylic acids is 1. The topological polar surface area (TPSA) is 118 Å². The number of carbonyl (C=O) groups is 2. The zero-order valence-corrected chi connectivity index (χ0v) is 32.4. The van der Waals surface area contributed by atoms with Gasteiger partial charge in [-0.15, -0.1) is 0 Å². The molecule has 2 bridgehead atoms. The number of fused-ring (bicyclic) bond motifs is 1. The van der Waals surface area contributed by atoms with E-state index in [-0.39, 0.29) is 24.0 Å². The number of carboxylic acids is 1. The van der Waals surface area contributed by atoms with Gasteiger partial charge in [-0.1, -0.05) is 53.5 Å². The van der Waals surface area contributed by atoms with Crippen LogP contribution in [0.4, 0.5) is 4.39 Å². The Labute approximate surface area is 328 Å². The minimum atomic E-state index is -0.694. The largest absolute Gasteiger partial charge is 0.496 e. The van der Waals surface area contributed by atoms with E-state index in [1.807, 2.05) is 66.5 Å². The lowest BCUT2D eigenvalue weighted by atomic mass is 9.39. The fraction of sp³-hybridized carbons (Fsp3) is 0.357. The molecule has 9 rings (SSSR count). The lowest BCUT2D eigenvalue weighted by Crippen LogP contribution is -2.76. The molecule has 3 aliphatic carbocycles. The van der Waals surface area contributed by atoms with Gasteiger partial charge in [-0.2, -0.15) is 5.10 Å². The first kappa shape index (κ1) is 37.3. The van der Waals surface area contributed by atoms with Crippen molar-refractivity contribution in [2.45, 2.75) is 63.3 Å². The van der Waals surface area contributed by atoms with E-state index in [4.69, 9.17) is 37.8 Å². The number of aromatic nitrogens is 2. The Hall–Kier alpha value is -4.68. The first-order valence-electron chi connectivity index (χ1n) is 18.3. The van der Waals surface area contributed by atoms with E-state index in [2.05, 4.69) is 15.5 Å². The molecule has 0 unspecified atom stereocenters. The summed E-state index contributed by atoms with van der Waals surface area (Å²) >= 11 is 14.0. The quantitative estimate of drug-likeness (QED) is 0.105. The number of amides is 1. The van der Waals surface area contributed by atoms with Crippen LogP contribution in [-0.2, 0) is 29.2 Å². The van der Waals surface area contributed by atoms with E-state index in [9.17, 15) is 14.7 Å². The summed E-state index contributed by atoms with van der Waals surface area (Å²) < 4.78 is 29.0. The Morgan fingerprint density at radius 3 is 2.47 bits per heavy atom. The molecule has 4 aromatic carbocycles. The molecule has 1 aliphatic heterocycles. The number of carboxylic acid groups (broad SMARTS) is 1. The number of carbonyl (C=O) groups excluding carboxylic acids is 1. The SMILES string of the molecule is COc1cc(Cn2ncc3c(-c4cccc(-c5cc(F)c(CNC[C@@H]6CCC(=O)N6)c(OC)c5)c4Cl)cccc32)c(Cl)cc1CN(C)C12CC(C(=O)O)(C1)C2. The molecule has 1 atom stereocenters. The molecule has 5 aromatic rings. The summed E-state index contributed by atoms with van der Waals surface area (Å²) in [6.07, 6.45) is 5.10. The van der Waals surface area contributed by atoms with E-state index in [1.54, 1.807) is 13.2 Å². The van der Waals surface area contributed by atoms with Crippen molar-refractivity contribution in [2.24, 2.45) is 5.41 Å². The Balaban J connectivity index is 1.02. The van der Waals surface area contributed by atoms with Crippen molar-refractivity contribution < 1.29 is 28.6 Å². The van der Waals surface area contributed by atoms with Crippen LogP contribution in [0.1, 0.15) is 48.8 Å². The van der Waals surface area contributed by atoms with Crippen LogP contribution >= 0.6 is 23.2 Å². The standard InChI is InChI=1S/C42H42Cl2FN5O5/c1-49(42-21-41(22-42,23-42)40(52)53)19-26-12-33(43)25(15-36(26)54-2)20-50-35-9-5-7-29(31(35)18-47-50)30-8-4-6-28(39(30)44)24-13-34(45)32(37(14-24)55-3)17-46-16-27-10-11-38(51)48-27/h4-9,12-15,18,27,46H,10-11,16-17,19-23H2,1-3H3,(H,48,51)(H,52,53)/t27-,41?,42?/m0/s1. The molecular formula is C42H42Cl2FN5O5. The summed E-state index contributed by atoms with van der Waals surface area (Å²) in [5.74, 6) is 0.0437. The maximum atomic E-state index is 15.7. The van der Waals surface area contributed by atoms with Crippen LogP contribution in [0.3, 0.4) is 0 Å².